The van der Waals surface area contributed by atoms with E-state index in [1.54, 1.807) is 18.5 Å². The molecule has 4 aromatic rings. The molecule has 0 amide bonds. The Morgan fingerprint density at radius 1 is 1.18 bits per heavy atom. The van der Waals surface area contributed by atoms with E-state index < -0.39 is 22.4 Å². The van der Waals surface area contributed by atoms with Crippen molar-refractivity contribution in [1.82, 2.24) is 29.5 Å². The van der Waals surface area contributed by atoms with Crippen LogP contribution in [0.3, 0.4) is 0 Å². The van der Waals surface area contributed by atoms with Crippen LogP contribution in [-0.4, -0.2) is 83.5 Å². The summed E-state index contributed by atoms with van der Waals surface area (Å²) < 4.78 is 59.6. The van der Waals surface area contributed by atoms with Crippen molar-refractivity contribution < 1.29 is 41.2 Å². The van der Waals surface area contributed by atoms with Gasteiger partial charge in [0.15, 0.2) is 10.8 Å². The maximum absolute atomic E-state index is 13.7. The molecule has 5 rings (SSSR count). The number of nitrogens with one attached hydrogen (secondary N) is 3. The number of hydrogen-bond donors (Lipinski definition) is 3. The third-order valence-corrected chi connectivity index (χ3v) is 11.3. The lowest BCUT2D eigenvalue weighted by molar-refractivity contribution is -0.894. The van der Waals surface area contributed by atoms with E-state index in [-0.39, 0.29) is 29.4 Å². The van der Waals surface area contributed by atoms with Gasteiger partial charge in [-0.2, -0.15) is 31.0 Å². The Balaban J connectivity index is 0.000000755. The number of hydrogen-bond acceptors (Lipinski definition) is 10. The van der Waals surface area contributed by atoms with Crippen molar-refractivity contribution >= 4 is 49.5 Å². The number of Topliss-reactive ketones (excluding diaryl/α,β-unsaturated/α-hetero) is 1. The summed E-state index contributed by atoms with van der Waals surface area (Å²) in [6, 6.07) is 7.60. The molecule has 18 heteroatoms. The molecule has 13 nitrogen and oxygen atoms in total. The summed E-state index contributed by atoms with van der Waals surface area (Å²) in [7, 11) is 1.35. The number of aliphatic carboxylic acids is 1. The number of H-pyrrole nitrogens is 1. The first-order valence-corrected chi connectivity index (χ1v) is 18.5. The van der Waals surface area contributed by atoms with Gasteiger partial charge in [0.1, 0.15) is 28.7 Å². The lowest BCUT2D eigenvalue weighted by Gasteiger charge is -2.34. The van der Waals surface area contributed by atoms with Gasteiger partial charge < -0.3 is 14.8 Å². The fraction of sp³-hybridized carbons (Fsp3) is 0.515. The Bertz CT molecular complexity index is 1910. The summed E-state index contributed by atoms with van der Waals surface area (Å²) >= 11 is 1.38. The van der Waals surface area contributed by atoms with Crippen molar-refractivity contribution in [2.45, 2.75) is 71.5 Å². The summed E-state index contributed by atoms with van der Waals surface area (Å²) in [5.74, 6) is -2.32. The zero-order valence-electron chi connectivity index (χ0n) is 29.3. The second kappa shape index (κ2) is 16.1. The highest BCUT2D eigenvalue weighted by atomic mass is 32.2. The van der Waals surface area contributed by atoms with Crippen LogP contribution in [0.15, 0.2) is 36.7 Å². The number of thiazole rings is 1. The van der Waals surface area contributed by atoms with Crippen molar-refractivity contribution in [1.29, 1.82) is 0 Å². The van der Waals surface area contributed by atoms with E-state index in [1.165, 1.54) is 35.9 Å². The quantitative estimate of drug-likeness (QED) is 0.184. The van der Waals surface area contributed by atoms with E-state index in [0.717, 1.165) is 70.4 Å². The third-order valence-electron chi connectivity index (χ3n) is 8.82. The molecule has 51 heavy (non-hydrogen) atoms. The van der Waals surface area contributed by atoms with Crippen molar-refractivity contribution in [2.75, 3.05) is 32.4 Å². The number of ketones is 1. The number of halogens is 3. The number of fused-ring (bicyclic) bond motifs is 2. The van der Waals surface area contributed by atoms with Crippen molar-refractivity contribution in [2.24, 2.45) is 11.3 Å². The zero-order chi connectivity index (χ0) is 37.7. The van der Waals surface area contributed by atoms with Gasteiger partial charge in [0, 0.05) is 45.0 Å². The lowest BCUT2D eigenvalue weighted by atomic mass is 9.71. The number of anilines is 1. The Kier molecular flexibility index (Phi) is 12.6. The van der Waals surface area contributed by atoms with Crippen LogP contribution in [0.5, 0.6) is 0 Å². The van der Waals surface area contributed by atoms with Crippen LogP contribution < -0.4 is 14.7 Å². The molecule has 0 saturated heterocycles. The maximum atomic E-state index is 13.7. The van der Waals surface area contributed by atoms with Gasteiger partial charge in [-0.15, -0.1) is 0 Å². The lowest BCUT2D eigenvalue weighted by Crippen LogP contribution is -3.07. The normalized spacial score (nSPS) is 16.2. The maximum Gasteiger partial charge on any atom is 0.430 e. The molecular weight excluding hydrogens is 710 g/mol. The van der Waals surface area contributed by atoms with Crippen molar-refractivity contribution in [3.63, 3.8) is 0 Å². The molecule has 0 saturated carbocycles. The van der Waals surface area contributed by atoms with Gasteiger partial charge in [-0.1, -0.05) is 38.2 Å². The van der Waals surface area contributed by atoms with Crippen LogP contribution in [0.2, 0.25) is 0 Å². The topological polar surface area (TPSA) is 178 Å². The fourth-order valence-electron chi connectivity index (χ4n) is 5.72. The predicted molar refractivity (Wildman–Crippen MR) is 184 cm³/mol. The second-order valence-corrected chi connectivity index (χ2v) is 16.8. The molecule has 4 heterocycles. The molecule has 1 unspecified atom stereocenters. The summed E-state index contributed by atoms with van der Waals surface area (Å²) in [6.45, 7) is 8.50. The average Bonchev–Trinajstić information content (AvgIpc) is 3.71. The SMILES string of the molecule is CN(C)S(=O)(=O)Nc1ccc([C@@H](CC[NH+](C)Cc2ccn[nH]2)CC(=O)c2nc3cc4c(nc3s2)CC[C@H](C(C)(C)C)C4)cn1.O=C([O-])C(F)(F)F. The molecule has 278 valence electrons. The minimum Gasteiger partial charge on any atom is -0.542 e. The van der Waals surface area contributed by atoms with Crippen LogP contribution in [0.4, 0.5) is 19.0 Å². The van der Waals surface area contributed by atoms with Crippen molar-refractivity contribution in [3.8, 4) is 0 Å². The highest BCUT2D eigenvalue weighted by Crippen LogP contribution is 2.38. The van der Waals surface area contributed by atoms with E-state index >= 15 is 0 Å². The Morgan fingerprint density at radius 3 is 2.45 bits per heavy atom. The molecule has 0 bridgehead atoms. The van der Waals surface area contributed by atoms with Gasteiger partial charge in [0.25, 0.3) is 0 Å². The highest BCUT2D eigenvalue weighted by Gasteiger charge is 2.31. The summed E-state index contributed by atoms with van der Waals surface area (Å²) in [5.41, 5.74) is 5.35. The van der Waals surface area contributed by atoms with Crippen LogP contribution in [0.25, 0.3) is 10.3 Å². The first-order valence-electron chi connectivity index (χ1n) is 16.3. The van der Waals surface area contributed by atoms with Crippen molar-refractivity contribution in [3.05, 3.63) is 64.2 Å². The third kappa shape index (κ3) is 11.0. The Labute approximate surface area is 298 Å². The Morgan fingerprint density at radius 2 is 1.88 bits per heavy atom. The number of aromatic nitrogens is 5. The number of alkyl halides is 3. The van der Waals surface area contributed by atoms with Crippen LogP contribution in [-0.2, 0) is 34.4 Å². The number of pyridine rings is 2. The number of nitrogens with zero attached hydrogens (tertiary/aromatic N) is 5. The summed E-state index contributed by atoms with van der Waals surface area (Å²) in [6.07, 6.45) is 2.30. The summed E-state index contributed by atoms with van der Waals surface area (Å²) in [4.78, 5) is 38.7. The minimum absolute atomic E-state index is 0.0212. The molecule has 1 aliphatic carbocycles. The number of carbonyl (C=O) groups is 2. The molecule has 3 atom stereocenters. The smallest absolute Gasteiger partial charge is 0.430 e. The summed E-state index contributed by atoms with van der Waals surface area (Å²) in [5, 5.41) is 16.3. The van der Waals surface area contributed by atoms with E-state index in [9.17, 15) is 26.4 Å². The number of carbonyl (C=O) groups excluding carboxylic acids is 2. The molecule has 3 N–H and O–H groups in total. The van der Waals surface area contributed by atoms with E-state index in [0.29, 0.717) is 10.9 Å². The number of aryl methyl sites for hydroxylation is 1. The number of carboxylic acids is 1. The molecule has 0 aromatic carbocycles. The number of rotatable bonds is 12. The van der Waals surface area contributed by atoms with Gasteiger partial charge >= 0.3 is 16.4 Å². The van der Waals surface area contributed by atoms with Gasteiger partial charge in [-0.25, -0.2) is 15.0 Å². The average molecular weight is 753 g/mol. The first kappa shape index (κ1) is 39.8. The fourth-order valence-corrected chi connectivity index (χ4v) is 7.17. The Hall–Kier alpha value is -4.00. The molecule has 4 aromatic heterocycles. The van der Waals surface area contributed by atoms with E-state index in [1.807, 2.05) is 12.1 Å². The number of aromatic amines is 1. The van der Waals surface area contributed by atoms with Gasteiger partial charge in [-0.05, 0) is 65.8 Å². The van der Waals surface area contributed by atoms with E-state index in [4.69, 9.17) is 19.9 Å². The molecule has 0 fully saturated rings. The van der Waals surface area contributed by atoms with Crippen LogP contribution in [0, 0.1) is 11.3 Å². The van der Waals surface area contributed by atoms with Crippen LogP contribution in [0.1, 0.15) is 78.3 Å². The van der Waals surface area contributed by atoms with Gasteiger partial charge in [0.05, 0.1) is 19.3 Å². The van der Waals surface area contributed by atoms with Gasteiger partial charge in [-0.3, -0.25) is 14.6 Å². The minimum atomic E-state index is -5.19. The molecule has 0 radical (unpaired) electrons. The monoisotopic (exact) mass is 752 g/mol. The number of carboxylic acid groups (broad SMARTS) is 1. The molecule has 0 spiro atoms. The first-order chi connectivity index (χ1) is 23.7. The number of quaternary nitrogens is 1. The predicted octanol–water partition coefficient (Wildman–Crippen LogP) is 2.94. The van der Waals surface area contributed by atoms with Crippen LogP contribution >= 0.6 is 11.3 Å². The zero-order valence-corrected chi connectivity index (χ0v) is 30.9. The molecular formula is C33H43F3N8O5S2. The second-order valence-electron chi connectivity index (χ2n) is 14.0. The van der Waals surface area contributed by atoms with Gasteiger partial charge in [0.2, 0.25) is 0 Å². The molecule has 0 aliphatic heterocycles. The standard InChI is InChI=1S/C31H42N8O3S2.C2HF3O2/c1-31(2,3)23-8-9-25-22(15-23)16-26-29(34-25)43-30(35-26)27(40)17-20(12-14-39(6)19-24-11-13-33-36-24)21-7-10-28(32-18-21)37-44(41,42)38(4)5;3-2(4,5)1(6)7/h7,10-11,13,16,18,20,23H,8-9,12,14-15,17,19H2,1-6H3,(H,32,37)(H,33,36);(H,6,7)/t20-,23-;/m0./s1. The largest absolute Gasteiger partial charge is 0.542 e. The highest BCUT2D eigenvalue weighted by molar-refractivity contribution is 7.90. The van der Waals surface area contributed by atoms with E-state index in [2.05, 4.69) is 53.8 Å². The molecule has 1 aliphatic rings.